The van der Waals surface area contributed by atoms with Crippen LogP contribution in [-0.4, -0.2) is 119 Å². The lowest BCUT2D eigenvalue weighted by atomic mass is 9.87. The Morgan fingerprint density at radius 1 is 1.10 bits per heavy atom. The van der Waals surface area contributed by atoms with Gasteiger partial charge in [0.05, 0.1) is 43.2 Å². The second-order valence-corrected chi connectivity index (χ2v) is 11.5. The largest absolute Gasteiger partial charge is 0.491 e. The number of piperidine rings is 1. The van der Waals surface area contributed by atoms with Crippen LogP contribution >= 0.6 is 0 Å². The SMILES string of the molecule is N#Cc1cnn2cc(OCCN3CCOCC3)cc(-c3ccc(N4CC5CC(C4)N5CC(=O)N4CCCC4)nc3)c12. The van der Waals surface area contributed by atoms with E-state index in [9.17, 15) is 10.1 Å². The van der Waals surface area contributed by atoms with Crippen molar-refractivity contribution in [2.45, 2.75) is 31.3 Å². The van der Waals surface area contributed by atoms with Gasteiger partial charge in [0.15, 0.2) is 0 Å². The molecule has 5 aliphatic heterocycles. The number of likely N-dealkylation sites (tertiary alicyclic amines) is 1. The van der Waals surface area contributed by atoms with E-state index in [2.05, 4.69) is 38.0 Å². The minimum absolute atomic E-state index is 0.281. The average Bonchev–Trinajstić information content (AvgIpc) is 3.71. The number of anilines is 1. The molecule has 5 fully saturated rings. The van der Waals surface area contributed by atoms with Gasteiger partial charge in [-0.25, -0.2) is 9.50 Å². The van der Waals surface area contributed by atoms with Gasteiger partial charge in [-0.3, -0.25) is 14.6 Å². The van der Waals surface area contributed by atoms with E-state index in [1.54, 1.807) is 10.7 Å². The Bertz CT molecular complexity index is 1430. The normalized spacial score (nSPS) is 23.0. The Balaban J connectivity index is 1.04. The van der Waals surface area contributed by atoms with Crippen LogP contribution in [0.4, 0.5) is 5.82 Å². The predicted molar refractivity (Wildman–Crippen MR) is 153 cm³/mol. The summed E-state index contributed by atoms with van der Waals surface area (Å²) in [5.74, 6) is 1.93. The average molecular weight is 557 g/mol. The van der Waals surface area contributed by atoms with Crippen LogP contribution in [0.25, 0.3) is 16.6 Å². The van der Waals surface area contributed by atoms with Crippen LogP contribution in [0.15, 0.2) is 36.8 Å². The fraction of sp³-hybridized carbons (Fsp3) is 0.533. The van der Waals surface area contributed by atoms with Gasteiger partial charge < -0.3 is 19.3 Å². The van der Waals surface area contributed by atoms with E-state index in [1.807, 2.05) is 23.4 Å². The van der Waals surface area contributed by atoms with Crippen LogP contribution in [0.2, 0.25) is 0 Å². The number of fused-ring (bicyclic) bond motifs is 3. The second-order valence-electron chi connectivity index (χ2n) is 11.5. The van der Waals surface area contributed by atoms with Crippen molar-refractivity contribution in [3.63, 3.8) is 0 Å². The quantitative estimate of drug-likeness (QED) is 0.411. The fourth-order valence-electron chi connectivity index (χ4n) is 6.68. The number of carbonyl (C=O) groups excluding carboxylic acids is 1. The standard InChI is InChI=1S/C30H36N8O3/c31-15-23-17-33-38-20-26(41-12-9-34-7-10-40-11-8-34)14-27(30(23)38)22-3-4-28(32-16-22)36-18-24-13-25(19-36)37(24)21-29(39)35-5-1-2-6-35/h3-4,14,16-17,20,24-25H,1-2,5-13,18-19,21H2. The molecule has 2 atom stereocenters. The molecule has 3 aromatic heterocycles. The van der Waals surface area contributed by atoms with Gasteiger partial charge in [-0.05, 0) is 37.5 Å². The predicted octanol–water partition coefficient (Wildman–Crippen LogP) is 1.86. The van der Waals surface area contributed by atoms with Crippen LogP contribution in [0.3, 0.4) is 0 Å². The number of piperazine rings is 1. The van der Waals surface area contributed by atoms with Crippen molar-refractivity contribution in [2.75, 3.05) is 77.1 Å². The molecule has 0 saturated carbocycles. The maximum Gasteiger partial charge on any atom is 0.236 e. The summed E-state index contributed by atoms with van der Waals surface area (Å²) < 4.78 is 13.3. The number of hydrogen-bond acceptors (Lipinski definition) is 9. The third-order valence-corrected chi connectivity index (χ3v) is 8.99. The van der Waals surface area contributed by atoms with Crippen molar-refractivity contribution in [3.05, 3.63) is 42.4 Å². The Hall–Kier alpha value is -3.72. The summed E-state index contributed by atoms with van der Waals surface area (Å²) in [6, 6.07) is 9.19. The lowest BCUT2D eigenvalue weighted by molar-refractivity contribution is -0.136. The molecule has 0 aliphatic carbocycles. The van der Waals surface area contributed by atoms with E-state index < -0.39 is 0 Å². The first-order valence-electron chi connectivity index (χ1n) is 14.8. The third-order valence-electron chi connectivity index (χ3n) is 8.99. The molecule has 1 amide bonds. The number of amides is 1. The highest BCUT2D eigenvalue weighted by Gasteiger charge is 2.46. The summed E-state index contributed by atoms with van der Waals surface area (Å²) in [4.78, 5) is 26.6. The van der Waals surface area contributed by atoms with Crippen molar-refractivity contribution < 1.29 is 14.3 Å². The summed E-state index contributed by atoms with van der Waals surface area (Å²) in [6.45, 7) is 8.89. The molecule has 0 N–H and O–H groups in total. The van der Waals surface area contributed by atoms with Gasteiger partial charge in [-0.2, -0.15) is 10.4 Å². The molecular formula is C30H36N8O3. The Morgan fingerprint density at radius 2 is 1.90 bits per heavy atom. The lowest BCUT2D eigenvalue weighted by Gasteiger charge is -2.56. The number of carbonyl (C=O) groups is 1. The van der Waals surface area contributed by atoms with Crippen molar-refractivity contribution in [3.8, 4) is 22.9 Å². The van der Waals surface area contributed by atoms with Gasteiger partial charge in [0.1, 0.15) is 24.2 Å². The summed E-state index contributed by atoms with van der Waals surface area (Å²) in [5.41, 5.74) is 3.05. The van der Waals surface area contributed by atoms with Gasteiger partial charge >= 0.3 is 0 Å². The van der Waals surface area contributed by atoms with Crippen LogP contribution in [-0.2, 0) is 9.53 Å². The molecule has 11 nitrogen and oxygen atoms in total. The van der Waals surface area contributed by atoms with Crippen LogP contribution < -0.4 is 9.64 Å². The van der Waals surface area contributed by atoms with Gasteiger partial charge in [-0.15, -0.1) is 0 Å². The molecule has 41 heavy (non-hydrogen) atoms. The molecule has 0 radical (unpaired) electrons. The number of aromatic nitrogens is 3. The number of ether oxygens (including phenoxy) is 2. The Labute approximate surface area is 239 Å². The zero-order chi connectivity index (χ0) is 27.8. The Kier molecular flexibility index (Phi) is 7.21. The third kappa shape index (κ3) is 5.23. The summed E-state index contributed by atoms with van der Waals surface area (Å²) in [6.07, 6.45) is 8.72. The van der Waals surface area contributed by atoms with Crippen LogP contribution in [0, 0.1) is 11.3 Å². The minimum atomic E-state index is 0.281. The zero-order valence-electron chi connectivity index (χ0n) is 23.3. The second kappa shape index (κ2) is 11.3. The number of pyridine rings is 2. The topological polar surface area (TPSA) is 102 Å². The molecule has 2 bridgehead atoms. The monoisotopic (exact) mass is 556 g/mol. The maximum absolute atomic E-state index is 12.7. The number of hydrogen-bond donors (Lipinski definition) is 0. The van der Waals surface area contributed by atoms with Gasteiger partial charge in [-0.1, -0.05) is 0 Å². The lowest BCUT2D eigenvalue weighted by Crippen LogP contribution is -2.70. The zero-order valence-corrected chi connectivity index (χ0v) is 23.3. The van der Waals surface area contributed by atoms with E-state index in [4.69, 9.17) is 14.5 Å². The number of nitrogens with zero attached hydrogens (tertiary/aromatic N) is 8. The van der Waals surface area contributed by atoms with Gasteiger partial charge in [0.2, 0.25) is 5.91 Å². The fourth-order valence-corrected chi connectivity index (χ4v) is 6.68. The first-order valence-corrected chi connectivity index (χ1v) is 14.8. The molecule has 8 heterocycles. The van der Waals surface area contributed by atoms with E-state index in [0.717, 1.165) is 101 Å². The van der Waals surface area contributed by atoms with Crippen molar-refractivity contribution in [1.29, 1.82) is 5.26 Å². The molecule has 3 aromatic rings. The Morgan fingerprint density at radius 3 is 2.63 bits per heavy atom. The van der Waals surface area contributed by atoms with Crippen molar-refractivity contribution in [2.24, 2.45) is 0 Å². The van der Waals surface area contributed by atoms with Crippen molar-refractivity contribution in [1.82, 2.24) is 29.3 Å². The molecule has 0 aromatic carbocycles. The van der Waals surface area contributed by atoms with Crippen LogP contribution in [0.5, 0.6) is 5.75 Å². The molecule has 11 heteroatoms. The van der Waals surface area contributed by atoms with Gasteiger partial charge in [0.25, 0.3) is 0 Å². The first kappa shape index (κ1) is 26.2. The summed E-state index contributed by atoms with van der Waals surface area (Å²) in [7, 11) is 0. The van der Waals surface area contributed by atoms with E-state index >= 15 is 0 Å². The van der Waals surface area contributed by atoms with E-state index in [-0.39, 0.29) is 5.91 Å². The number of nitriles is 1. The highest BCUT2D eigenvalue weighted by molar-refractivity contribution is 5.85. The molecule has 5 saturated heterocycles. The first-order chi connectivity index (χ1) is 20.2. The maximum atomic E-state index is 12.7. The smallest absolute Gasteiger partial charge is 0.236 e. The summed E-state index contributed by atoms with van der Waals surface area (Å²) in [5, 5.41) is 14.1. The van der Waals surface area contributed by atoms with Gasteiger partial charge in [0, 0.05) is 75.2 Å². The molecule has 2 unspecified atom stereocenters. The van der Waals surface area contributed by atoms with Crippen LogP contribution in [0.1, 0.15) is 24.8 Å². The van der Waals surface area contributed by atoms with E-state index in [1.165, 1.54) is 0 Å². The summed E-state index contributed by atoms with van der Waals surface area (Å²) >= 11 is 0. The molecule has 8 rings (SSSR count). The highest BCUT2D eigenvalue weighted by Crippen LogP contribution is 2.35. The highest BCUT2D eigenvalue weighted by atomic mass is 16.5. The van der Waals surface area contributed by atoms with Crippen molar-refractivity contribution >= 4 is 17.2 Å². The van der Waals surface area contributed by atoms with E-state index in [0.29, 0.717) is 36.5 Å². The molecule has 5 aliphatic rings. The number of morpholine rings is 1. The molecule has 214 valence electrons. The molecular weight excluding hydrogens is 520 g/mol. The minimum Gasteiger partial charge on any atom is -0.491 e. The number of rotatable bonds is 8. The molecule has 0 spiro atoms.